The summed E-state index contributed by atoms with van der Waals surface area (Å²) in [5.74, 6) is 6.19. The van der Waals surface area contributed by atoms with Crippen molar-refractivity contribution in [2.75, 3.05) is 6.61 Å². The van der Waals surface area contributed by atoms with Gasteiger partial charge in [-0.25, -0.2) is 4.79 Å². The van der Waals surface area contributed by atoms with Crippen molar-refractivity contribution >= 4 is 5.97 Å². The van der Waals surface area contributed by atoms with Crippen molar-refractivity contribution in [1.82, 2.24) is 0 Å². The standard InChI is InChI=1S/C24H30O5/c1-3-4-6-15(2)21(25)10-9-18-19-11-16-7-5-8-23(29-14-24(27)28)20(16)12-17(19)13-22(18)26/h5,7-10,15,17-19,21-22,25-26H,6,11-14H2,1-2H3,(H,27,28)/b10-9+/t15-,17-,18+,19-,21+,22+/m0/s1. The Labute approximate surface area is 172 Å². The maximum absolute atomic E-state index is 10.8. The van der Waals surface area contributed by atoms with Crippen LogP contribution in [0.25, 0.3) is 0 Å². The molecule has 6 atom stereocenters. The first-order valence-corrected chi connectivity index (χ1v) is 10.3. The van der Waals surface area contributed by atoms with Crippen LogP contribution in [0.15, 0.2) is 30.4 Å². The van der Waals surface area contributed by atoms with Gasteiger partial charge in [0.1, 0.15) is 5.75 Å². The third-order valence-electron chi connectivity index (χ3n) is 6.31. The van der Waals surface area contributed by atoms with Crippen molar-refractivity contribution in [2.24, 2.45) is 23.7 Å². The van der Waals surface area contributed by atoms with Crippen LogP contribution in [0.1, 0.15) is 37.8 Å². The zero-order valence-corrected chi connectivity index (χ0v) is 17.0. The molecule has 1 aromatic rings. The lowest BCUT2D eigenvalue weighted by Gasteiger charge is -2.31. The summed E-state index contributed by atoms with van der Waals surface area (Å²) in [5, 5.41) is 30.0. The fraction of sp³-hybridized carbons (Fsp3) is 0.542. The van der Waals surface area contributed by atoms with Gasteiger partial charge in [0.05, 0.1) is 12.2 Å². The van der Waals surface area contributed by atoms with Crippen LogP contribution in [0.4, 0.5) is 0 Å². The molecule has 0 heterocycles. The second-order valence-electron chi connectivity index (χ2n) is 8.27. The Morgan fingerprint density at radius 3 is 2.90 bits per heavy atom. The van der Waals surface area contributed by atoms with E-state index < -0.39 is 18.2 Å². The Morgan fingerprint density at radius 2 is 2.17 bits per heavy atom. The summed E-state index contributed by atoms with van der Waals surface area (Å²) in [7, 11) is 0. The van der Waals surface area contributed by atoms with Crippen molar-refractivity contribution in [3.05, 3.63) is 41.5 Å². The highest BCUT2D eigenvalue weighted by Gasteiger charge is 2.44. The van der Waals surface area contributed by atoms with Gasteiger partial charge in [-0.05, 0) is 61.1 Å². The van der Waals surface area contributed by atoms with Crippen LogP contribution in [0, 0.1) is 35.5 Å². The molecule has 0 amide bonds. The minimum absolute atomic E-state index is 0.0100. The van der Waals surface area contributed by atoms with Crippen molar-refractivity contribution in [3.63, 3.8) is 0 Å². The Balaban J connectivity index is 1.73. The molecule has 1 fully saturated rings. The first-order valence-electron chi connectivity index (χ1n) is 10.3. The van der Waals surface area contributed by atoms with E-state index in [-0.39, 0.29) is 18.4 Å². The molecule has 0 bridgehead atoms. The van der Waals surface area contributed by atoms with Crippen molar-refractivity contribution in [1.29, 1.82) is 0 Å². The minimum Gasteiger partial charge on any atom is -0.482 e. The summed E-state index contributed by atoms with van der Waals surface area (Å²) >= 11 is 0. The van der Waals surface area contributed by atoms with E-state index in [4.69, 9.17) is 9.84 Å². The molecular weight excluding hydrogens is 368 g/mol. The van der Waals surface area contributed by atoms with Gasteiger partial charge in [0.25, 0.3) is 0 Å². The monoisotopic (exact) mass is 398 g/mol. The van der Waals surface area contributed by atoms with Crippen LogP contribution < -0.4 is 4.74 Å². The lowest BCUT2D eigenvalue weighted by molar-refractivity contribution is -0.139. The van der Waals surface area contributed by atoms with Gasteiger partial charge in [0, 0.05) is 12.3 Å². The van der Waals surface area contributed by atoms with Gasteiger partial charge in [-0.3, -0.25) is 0 Å². The summed E-state index contributed by atoms with van der Waals surface area (Å²) in [6, 6.07) is 5.78. The number of benzene rings is 1. The molecule has 2 aliphatic rings. The maximum Gasteiger partial charge on any atom is 0.341 e. The number of aliphatic hydroxyl groups is 2. The van der Waals surface area contributed by atoms with Crippen molar-refractivity contribution < 1.29 is 24.9 Å². The highest BCUT2D eigenvalue weighted by Crippen LogP contribution is 2.47. The first kappa shape index (κ1) is 21.4. The summed E-state index contributed by atoms with van der Waals surface area (Å²) < 4.78 is 5.49. The Bertz CT molecular complexity index is 818. The number of aliphatic carboxylic acids is 1. The number of ether oxygens (including phenoxy) is 1. The van der Waals surface area contributed by atoms with Crippen molar-refractivity contribution in [3.8, 4) is 17.6 Å². The summed E-state index contributed by atoms with van der Waals surface area (Å²) in [6.45, 7) is 3.42. The third-order valence-corrected chi connectivity index (χ3v) is 6.31. The van der Waals surface area contributed by atoms with Gasteiger partial charge < -0.3 is 20.1 Å². The smallest absolute Gasteiger partial charge is 0.341 e. The number of carboxylic acid groups (broad SMARTS) is 1. The fourth-order valence-corrected chi connectivity index (χ4v) is 4.69. The third kappa shape index (κ3) is 5.01. The molecule has 3 rings (SSSR count). The normalized spacial score (nSPS) is 27.4. The quantitative estimate of drug-likeness (QED) is 0.486. The summed E-state index contributed by atoms with van der Waals surface area (Å²) in [5.41, 5.74) is 2.23. The highest BCUT2D eigenvalue weighted by molar-refractivity contribution is 5.68. The number of carboxylic acids is 1. The van der Waals surface area contributed by atoms with Crippen LogP contribution in [0.5, 0.6) is 5.75 Å². The molecule has 156 valence electrons. The average molecular weight is 398 g/mol. The molecule has 0 aliphatic heterocycles. The minimum atomic E-state index is -0.990. The van der Waals surface area contributed by atoms with E-state index in [0.717, 1.165) is 24.0 Å². The van der Waals surface area contributed by atoms with Gasteiger partial charge in [-0.1, -0.05) is 31.2 Å². The van der Waals surface area contributed by atoms with Crippen LogP contribution in [-0.4, -0.2) is 40.1 Å². The predicted octanol–water partition coefficient (Wildman–Crippen LogP) is 2.83. The van der Waals surface area contributed by atoms with Crippen LogP contribution in [0.2, 0.25) is 0 Å². The Hall–Kier alpha value is -2.29. The molecule has 1 aromatic carbocycles. The average Bonchev–Trinajstić information content (AvgIpc) is 3.00. The van der Waals surface area contributed by atoms with E-state index in [1.54, 1.807) is 6.92 Å². The maximum atomic E-state index is 10.8. The molecule has 1 saturated carbocycles. The summed E-state index contributed by atoms with van der Waals surface area (Å²) in [6.07, 6.45) is 5.76. The van der Waals surface area contributed by atoms with E-state index in [1.807, 2.05) is 31.2 Å². The largest absolute Gasteiger partial charge is 0.482 e. The molecule has 3 N–H and O–H groups in total. The Morgan fingerprint density at radius 1 is 1.38 bits per heavy atom. The van der Waals surface area contributed by atoms with E-state index in [2.05, 4.69) is 17.9 Å². The zero-order valence-electron chi connectivity index (χ0n) is 17.0. The van der Waals surface area contributed by atoms with E-state index in [1.165, 1.54) is 0 Å². The van der Waals surface area contributed by atoms with Gasteiger partial charge in [-0.2, -0.15) is 0 Å². The second-order valence-corrected chi connectivity index (χ2v) is 8.27. The molecule has 0 spiro atoms. The molecule has 5 nitrogen and oxygen atoms in total. The highest BCUT2D eigenvalue weighted by atomic mass is 16.5. The van der Waals surface area contributed by atoms with Crippen LogP contribution >= 0.6 is 0 Å². The SMILES string of the molecule is CC#CC[C@H](C)[C@H](O)/C=C/[C@@H]1[C@H]2Cc3cccc(OCC(=O)O)c3C[C@H]2C[C@H]1O. The lowest BCUT2D eigenvalue weighted by Crippen LogP contribution is -2.27. The predicted molar refractivity (Wildman–Crippen MR) is 110 cm³/mol. The molecule has 5 heteroatoms. The number of hydrogen-bond donors (Lipinski definition) is 3. The van der Waals surface area contributed by atoms with Crippen LogP contribution in [-0.2, 0) is 17.6 Å². The number of carbonyl (C=O) groups is 1. The van der Waals surface area contributed by atoms with E-state index in [0.29, 0.717) is 30.4 Å². The molecular formula is C24H30O5. The number of rotatable bonds is 7. The van der Waals surface area contributed by atoms with Gasteiger partial charge in [-0.15, -0.1) is 11.8 Å². The molecule has 0 saturated heterocycles. The topological polar surface area (TPSA) is 87.0 Å². The molecule has 2 aliphatic carbocycles. The second kappa shape index (κ2) is 9.47. The zero-order chi connectivity index (χ0) is 21.0. The number of hydrogen-bond acceptors (Lipinski definition) is 4. The number of aliphatic hydroxyl groups excluding tert-OH is 2. The lowest BCUT2D eigenvalue weighted by atomic mass is 9.74. The van der Waals surface area contributed by atoms with Crippen molar-refractivity contribution in [2.45, 2.75) is 51.7 Å². The molecule has 0 radical (unpaired) electrons. The van der Waals surface area contributed by atoms with Gasteiger partial charge >= 0.3 is 5.97 Å². The molecule has 0 unspecified atom stereocenters. The van der Waals surface area contributed by atoms with Gasteiger partial charge in [0.15, 0.2) is 6.61 Å². The fourth-order valence-electron chi connectivity index (χ4n) is 4.69. The summed E-state index contributed by atoms with van der Waals surface area (Å²) in [4.78, 5) is 10.8. The number of fused-ring (bicyclic) bond motifs is 2. The van der Waals surface area contributed by atoms with E-state index in [9.17, 15) is 15.0 Å². The molecule has 29 heavy (non-hydrogen) atoms. The van der Waals surface area contributed by atoms with Crippen LogP contribution in [0.3, 0.4) is 0 Å². The van der Waals surface area contributed by atoms with Gasteiger partial charge in [0.2, 0.25) is 0 Å². The Kier molecular flexibility index (Phi) is 7.00. The first-order chi connectivity index (χ1) is 13.9. The molecule has 0 aromatic heterocycles. The van der Waals surface area contributed by atoms with E-state index >= 15 is 0 Å².